The predicted octanol–water partition coefficient (Wildman–Crippen LogP) is 3.50. The fourth-order valence-electron chi connectivity index (χ4n) is 4.17. The fraction of sp³-hybridized carbons (Fsp3) is 0.630. The fourth-order valence-corrected chi connectivity index (χ4v) is 4.17. The topological polar surface area (TPSA) is 81.7 Å². The first kappa shape index (κ1) is 28.9. The molecule has 0 spiro atoms. The number of hydrogen-bond acceptors (Lipinski definition) is 4. The zero-order valence-corrected chi connectivity index (χ0v) is 22.2. The van der Waals surface area contributed by atoms with Gasteiger partial charge >= 0.3 is 0 Å². The van der Waals surface area contributed by atoms with E-state index in [9.17, 15) is 14.7 Å². The third-order valence-corrected chi connectivity index (χ3v) is 6.37. The van der Waals surface area contributed by atoms with Crippen LogP contribution in [0.2, 0.25) is 0 Å². The molecule has 1 rings (SSSR count). The SMILES string of the molecule is CN[C@H](C(=O)N[C@H](C(=O)N(C)[C@H](C=C(C)CO)C(C)C)C(C)(C)C)C(C)(C)c1ccccc1. The minimum Gasteiger partial charge on any atom is -0.392 e. The molecule has 186 valence electrons. The molecule has 3 atom stereocenters. The zero-order valence-electron chi connectivity index (χ0n) is 22.2. The molecule has 0 heterocycles. The summed E-state index contributed by atoms with van der Waals surface area (Å²) in [4.78, 5) is 28.9. The van der Waals surface area contributed by atoms with Crippen LogP contribution in [0.3, 0.4) is 0 Å². The number of amides is 2. The molecule has 1 aromatic rings. The van der Waals surface area contributed by atoms with E-state index in [0.717, 1.165) is 11.1 Å². The van der Waals surface area contributed by atoms with Gasteiger partial charge in [0.2, 0.25) is 11.8 Å². The molecular formula is C27H45N3O3. The van der Waals surface area contributed by atoms with Crippen LogP contribution in [0, 0.1) is 11.3 Å². The Bertz CT molecular complexity index is 810. The van der Waals surface area contributed by atoms with E-state index in [1.54, 1.807) is 19.0 Å². The highest BCUT2D eigenvalue weighted by atomic mass is 16.3. The summed E-state index contributed by atoms with van der Waals surface area (Å²) in [6.45, 7) is 15.8. The Morgan fingerprint density at radius 1 is 1.06 bits per heavy atom. The molecule has 0 fully saturated rings. The summed E-state index contributed by atoms with van der Waals surface area (Å²) in [5.41, 5.74) is 0.871. The van der Waals surface area contributed by atoms with Crippen LogP contribution in [-0.4, -0.2) is 60.6 Å². The second kappa shape index (κ2) is 11.8. The summed E-state index contributed by atoms with van der Waals surface area (Å²) in [7, 11) is 3.54. The van der Waals surface area contributed by atoms with Gasteiger partial charge in [0.25, 0.3) is 0 Å². The third kappa shape index (κ3) is 7.41. The average Bonchev–Trinajstić information content (AvgIpc) is 2.74. The molecule has 0 radical (unpaired) electrons. The van der Waals surface area contributed by atoms with Crippen molar-refractivity contribution in [2.45, 2.75) is 78.9 Å². The van der Waals surface area contributed by atoms with E-state index < -0.39 is 22.9 Å². The van der Waals surface area contributed by atoms with Crippen LogP contribution in [0.15, 0.2) is 42.0 Å². The van der Waals surface area contributed by atoms with Crippen molar-refractivity contribution in [2.24, 2.45) is 11.3 Å². The van der Waals surface area contributed by atoms with Crippen LogP contribution in [-0.2, 0) is 15.0 Å². The van der Waals surface area contributed by atoms with Gasteiger partial charge in [-0.05, 0) is 30.9 Å². The summed E-state index contributed by atoms with van der Waals surface area (Å²) in [5.74, 6) is -0.209. The molecule has 0 aliphatic rings. The highest BCUT2D eigenvalue weighted by Crippen LogP contribution is 2.29. The molecule has 0 saturated heterocycles. The van der Waals surface area contributed by atoms with Gasteiger partial charge < -0.3 is 20.6 Å². The molecule has 0 aliphatic carbocycles. The van der Waals surface area contributed by atoms with Crippen molar-refractivity contribution < 1.29 is 14.7 Å². The highest BCUT2D eigenvalue weighted by Gasteiger charge is 2.41. The first-order chi connectivity index (χ1) is 15.2. The molecule has 0 bridgehead atoms. The lowest BCUT2D eigenvalue weighted by Gasteiger charge is -2.40. The van der Waals surface area contributed by atoms with Crippen LogP contribution >= 0.6 is 0 Å². The van der Waals surface area contributed by atoms with E-state index in [1.807, 2.05) is 91.8 Å². The second-order valence-electron chi connectivity index (χ2n) is 11.0. The molecule has 0 saturated carbocycles. The Balaban J connectivity index is 3.25. The van der Waals surface area contributed by atoms with Crippen molar-refractivity contribution in [3.05, 3.63) is 47.5 Å². The molecule has 3 N–H and O–H groups in total. The number of carbonyl (C=O) groups excluding carboxylic acids is 2. The molecule has 2 amide bonds. The quantitative estimate of drug-likeness (QED) is 0.468. The summed E-state index contributed by atoms with van der Waals surface area (Å²) in [5, 5.41) is 15.7. The van der Waals surface area contributed by atoms with E-state index in [0.29, 0.717) is 0 Å². The minimum absolute atomic E-state index is 0.0525. The number of nitrogens with one attached hydrogen (secondary N) is 2. The summed E-state index contributed by atoms with van der Waals surface area (Å²) in [6.07, 6.45) is 1.93. The Morgan fingerprint density at radius 3 is 2.03 bits per heavy atom. The molecule has 33 heavy (non-hydrogen) atoms. The van der Waals surface area contributed by atoms with Crippen LogP contribution in [0.1, 0.15) is 61.0 Å². The summed E-state index contributed by atoms with van der Waals surface area (Å²) < 4.78 is 0. The number of rotatable bonds is 10. The Labute approximate surface area is 200 Å². The molecule has 0 aromatic heterocycles. The molecular weight excluding hydrogens is 414 g/mol. The van der Waals surface area contributed by atoms with Gasteiger partial charge in [-0.15, -0.1) is 0 Å². The number of aliphatic hydroxyl groups excluding tert-OH is 1. The number of likely N-dealkylation sites (N-methyl/N-ethyl adjacent to an activating group) is 2. The Hall–Kier alpha value is -2.18. The lowest BCUT2D eigenvalue weighted by atomic mass is 9.76. The van der Waals surface area contributed by atoms with E-state index in [1.165, 1.54) is 0 Å². The lowest BCUT2D eigenvalue weighted by Crippen LogP contribution is -2.61. The lowest BCUT2D eigenvalue weighted by molar-refractivity contribution is -0.140. The highest BCUT2D eigenvalue weighted by molar-refractivity contribution is 5.91. The largest absolute Gasteiger partial charge is 0.392 e. The van der Waals surface area contributed by atoms with Crippen molar-refractivity contribution in [1.82, 2.24) is 15.5 Å². The molecule has 6 nitrogen and oxygen atoms in total. The van der Waals surface area contributed by atoms with E-state index in [-0.39, 0.29) is 30.4 Å². The molecule has 6 heteroatoms. The monoisotopic (exact) mass is 459 g/mol. The van der Waals surface area contributed by atoms with E-state index in [2.05, 4.69) is 10.6 Å². The Morgan fingerprint density at radius 2 is 1.61 bits per heavy atom. The second-order valence-corrected chi connectivity index (χ2v) is 11.0. The van der Waals surface area contributed by atoms with Gasteiger partial charge in [0.1, 0.15) is 6.04 Å². The van der Waals surface area contributed by atoms with E-state index in [4.69, 9.17) is 0 Å². The third-order valence-electron chi connectivity index (χ3n) is 6.37. The van der Waals surface area contributed by atoms with Crippen molar-refractivity contribution in [3.8, 4) is 0 Å². The number of nitrogens with zero attached hydrogens (tertiary/aromatic N) is 1. The van der Waals surface area contributed by atoms with Gasteiger partial charge in [-0.2, -0.15) is 0 Å². The smallest absolute Gasteiger partial charge is 0.245 e. The Kier molecular flexibility index (Phi) is 10.3. The minimum atomic E-state index is -0.707. The van der Waals surface area contributed by atoms with Gasteiger partial charge in [0, 0.05) is 12.5 Å². The summed E-state index contributed by atoms with van der Waals surface area (Å²) in [6, 6.07) is 8.49. The maximum Gasteiger partial charge on any atom is 0.245 e. The maximum atomic E-state index is 13.7. The van der Waals surface area contributed by atoms with Crippen LogP contribution < -0.4 is 10.6 Å². The molecule has 0 aliphatic heterocycles. The number of aliphatic hydroxyl groups is 1. The van der Waals surface area contributed by atoms with Gasteiger partial charge in [0.05, 0.1) is 18.7 Å². The molecule has 0 unspecified atom stereocenters. The zero-order chi connectivity index (χ0) is 25.6. The van der Waals surface area contributed by atoms with Crippen molar-refractivity contribution in [1.29, 1.82) is 0 Å². The normalized spacial score (nSPS) is 15.7. The van der Waals surface area contributed by atoms with Gasteiger partial charge in [-0.3, -0.25) is 9.59 Å². The predicted molar refractivity (Wildman–Crippen MR) is 136 cm³/mol. The van der Waals surface area contributed by atoms with Gasteiger partial charge in [0.15, 0.2) is 0 Å². The van der Waals surface area contributed by atoms with Crippen molar-refractivity contribution in [3.63, 3.8) is 0 Å². The average molecular weight is 460 g/mol. The van der Waals surface area contributed by atoms with Crippen molar-refractivity contribution in [2.75, 3.05) is 20.7 Å². The van der Waals surface area contributed by atoms with Gasteiger partial charge in [-0.1, -0.05) is 90.4 Å². The number of carbonyl (C=O) groups is 2. The van der Waals surface area contributed by atoms with E-state index >= 15 is 0 Å². The first-order valence-electron chi connectivity index (χ1n) is 11.8. The standard InChI is InChI=1S/C27H45N3O3/c1-18(2)21(16-19(3)17-31)30(10)25(33)23(26(4,5)6)29-24(32)22(28-9)27(7,8)20-14-12-11-13-15-20/h11-16,18,21-23,28,31H,17H2,1-10H3,(H,29,32)/t21-,22-,23-/m1/s1. The first-order valence-corrected chi connectivity index (χ1v) is 11.8. The van der Waals surface area contributed by atoms with Crippen molar-refractivity contribution >= 4 is 11.8 Å². The van der Waals surface area contributed by atoms with Crippen LogP contribution in [0.4, 0.5) is 0 Å². The van der Waals surface area contributed by atoms with Gasteiger partial charge in [-0.25, -0.2) is 0 Å². The summed E-state index contributed by atoms with van der Waals surface area (Å²) >= 11 is 0. The van der Waals surface area contributed by atoms with Crippen LogP contribution in [0.25, 0.3) is 0 Å². The van der Waals surface area contributed by atoms with Crippen LogP contribution in [0.5, 0.6) is 0 Å². The number of hydrogen-bond donors (Lipinski definition) is 3. The molecule has 1 aromatic carbocycles. The number of benzene rings is 1. The maximum absolute atomic E-state index is 13.7.